The minimum Gasteiger partial charge on any atom is -0.332 e. The summed E-state index contributed by atoms with van der Waals surface area (Å²) in [4.78, 5) is 19.2. The predicted octanol–water partition coefficient (Wildman–Crippen LogP) is 5.06. The first-order valence-corrected chi connectivity index (χ1v) is 10.3. The number of nitrogens with zero attached hydrogens (tertiary/aromatic N) is 2. The van der Waals surface area contributed by atoms with Crippen LogP contribution in [0.4, 0.5) is 9.18 Å². The standard InChI is InChI=1S/C20H26FN3OS/c1-2-7-19-23-17(14-26-19)13-22-20(25)24-11-5-3-4-10-18(24)15-8-6-9-16(21)12-15/h6,8-9,12,14,18H,2-5,7,10-11,13H2,1H3,(H,22,25). The normalized spacial score (nSPS) is 17.8. The third kappa shape index (κ3) is 4.81. The molecule has 0 aliphatic carbocycles. The van der Waals surface area contributed by atoms with E-state index in [4.69, 9.17) is 0 Å². The van der Waals surface area contributed by atoms with Crippen molar-refractivity contribution in [2.45, 2.75) is 58.0 Å². The minimum atomic E-state index is -0.252. The molecule has 1 aromatic carbocycles. The second kappa shape index (κ2) is 9.12. The summed E-state index contributed by atoms with van der Waals surface area (Å²) in [5.41, 5.74) is 1.78. The van der Waals surface area contributed by atoms with Crippen molar-refractivity contribution in [1.82, 2.24) is 15.2 Å². The second-order valence-electron chi connectivity index (χ2n) is 6.75. The number of amides is 2. The van der Waals surface area contributed by atoms with Crippen LogP contribution in [0.2, 0.25) is 0 Å². The van der Waals surface area contributed by atoms with Crippen LogP contribution in [0, 0.1) is 5.82 Å². The molecule has 0 saturated carbocycles. The Morgan fingerprint density at radius 2 is 2.27 bits per heavy atom. The van der Waals surface area contributed by atoms with E-state index in [1.54, 1.807) is 23.5 Å². The van der Waals surface area contributed by atoms with Gasteiger partial charge in [-0.2, -0.15) is 0 Å². The van der Waals surface area contributed by atoms with Gasteiger partial charge >= 0.3 is 6.03 Å². The zero-order chi connectivity index (χ0) is 18.4. The van der Waals surface area contributed by atoms with Crippen molar-refractivity contribution in [1.29, 1.82) is 0 Å². The third-order valence-corrected chi connectivity index (χ3v) is 5.69. The lowest BCUT2D eigenvalue weighted by atomic mass is 10.0. The number of hydrogen-bond acceptors (Lipinski definition) is 3. The number of urea groups is 1. The number of nitrogens with one attached hydrogen (secondary N) is 1. The van der Waals surface area contributed by atoms with Crippen LogP contribution in [0.1, 0.15) is 61.3 Å². The molecular weight excluding hydrogens is 349 g/mol. The lowest BCUT2D eigenvalue weighted by Gasteiger charge is -2.30. The highest BCUT2D eigenvalue weighted by atomic mass is 32.1. The summed E-state index contributed by atoms with van der Waals surface area (Å²) in [5.74, 6) is -0.252. The maximum Gasteiger partial charge on any atom is 0.318 e. The van der Waals surface area contributed by atoms with Gasteiger partial charge in [0.2, 0.25) is 0 Å². The molecule has 26 heavy (non-hydrogen) atoms. The van der Waals surface area contributed by atoms with Crippen LogP contribution >= 0.6 is 11.3 Å². The van der Waals surface area contributed by atoms with Gasteiger partial charge in [0.25, 0.3) is 0 Å². The zero-order valence-electron chi connectivity index (χ0n) is 15.2. The Kier molecular flexibility index (Phi) is 6.61. The van der Waals surface area contributed by atoms with E-state index >= 15 is 0 Å². The molecule has 0 bridgehead atoms. The number of rotatable bonds is 5. The van der Waals surface area contributed by atoms with E-state index in [1.165, 1.54) is 6.07 Å². The zero-order valence-corrected chi connectivity index (χ0v) is 16.0. The first-order chi connectivity index (χ1) is 12.7. The van der Waals surface area contributed by atoms with E-state index in [1.807, 2.05) is 16.3 Å². The smallest absolute Gasteiger partial charge is 0.318 e. The van der Waals surface area contributed by atoms with E-state index < -0.39 is 0 Å². The van der Waals surface area contributed by atoms with Crippen molar-refractivity contribution in [3.05, 3.63) is 51.7 Å². The van der Waals surface area contributed by atoms with Crippen LogP contribution in [0.3, 0.4) is 0 Å². The Morgan fingerprint density at radius 1 is 1.38 bits per heavy atom. The van der Waals surface area contributed by atoms with Gasteiger partial charge in [0.05, 0.1) is 23.3 Å². The summed E-state index contributed by atoms with van der Waals surface area (Å²) in [6, 6.07) is 6.46. The molecule has 0 spiro atoms. The largest absolute Gasteiger partial charge is 0.332 e. The van der Waals surface area contributed by atoms with Crippen molar-refractivity contribution < 1.29 is 9.18 Å². The minimum absolute atomic E-state index is 0.0701. The van der Waals surface area contributed by atoms with E-state index in [0.717, 1.165) is 54.8 Å². The summed E-state index contributed by atoms with van der Waals surface area (Å²) in [5, 5.41) is 6.13. The van der Waals surface area contributed by atoms with Crippen LogP contribution in [0.15, 0.2) is 29.6 Å². The van der Waals surface area contributed by atoms with Gasteiger partial charge in [-0.25, -0.2) is 14.2 Å². The van der Waals surface area contributed by atoms with Gasteiger partial charge < -0.3 is 10.2 Å². The molecule has 4 nitrogen and oxygen atoms in total. The van der Waals surface area contributed by atoms with Crippen LogP contribution < -0.4 is 5.32 Å². The molecule has 1 aliphatic rings. The molecule has 6 heteroatoms. The fourth-order valence-electron chi connectivity index (χ4n) is 3.44. The lowest BCUT2D eigenvalue weighted by Crippen LogP contribution is -2.42. The lowest BCUT2D eigenvalue weighted by molar-refractivity contribution is 0.175. The Labute approximate surface area is 158 Å². The Hall–Kier alpha value is -1.95. The average molecular weight is 376 g/mol. The van der Waals surface area contributed by atoms with Crippen molar-refractivity contribution >= 4 is 17.4 Å². The molecule has 1 aliphatic heterocycles. The van der Waals surface area contributed by atoms with Crippen molar-refractivity contribution in [2.24, 2.45) is 0 Å². The predicted molar refractivity (Wildman–Crippen MR) is 103 cm³/mol. The molecule has 2 amide bonds. The summed E-state index contributed by atoms with van der Waals surface area (Å²) >= 11 is 1.65. The number of aromatic nitrogens is 1. The van der Waals surface area contributed by atoms with Crippen molar-refractivity contribution in [3.8, 4) is 0 Å². The summed E-state index contributed by atoms with van der Waals surface area (Å²) in [6.45, 7) is 3.27. The highest BCUT2D eigenvalue weighted by Crippen LogP contribution is 2.30. The molecule has 0 radical (unpaired) electrons. The van der Waals surface area contributed by atoms with Crippen molar-refractivity contribution in [3.63, 3.8) is 0 Å². The Bertz CT molecular complexity index is 733. The van der Waals surface area contributed by atoms with Gasteiger partial charge in [-0.1, -0.05) is 31.9 Å². The first kappa shape index (κ1) is 18.8. The number of likely N-dealkylation sites (tertiary alicyclic amines) is 1. The topological polar surface area (TPSA) is 45.2 Å². The molecule has 1 aromatic heterocycles. The van der Waals surface area contributed by atoms with E-state index in [-0.39, 0.29) is 17.9 Å². The van der Waals surface area contributed by atoms with E-state index in [0.29, 0.717) is 13.1 Å². The van der Waals surface area contributed by atoms with Gasteiger partial charge in [0, 0.05) is 11.9 Å². The number of carbonyl (C=O) groups excluding carboxylic acids is 1. The molecule has 1 saturated heterocycles. The van der Waals surface area contributed by atoms with Gasteiger partial charge in [0.15, 0.2) is 0 Å². The molecule has 1 N–H and O–H groups in total. The Morgan fingerprint density at radius 3 is 3.08 bits per heavy atom. The molecule has 1 unspecified atom stereocenters. The van der Waals surface area contributed by atoms with Gasteiger partial charge in [0.1, 0.15) is 5.82 Å². The monoisotopic (exact) mass is 375 g/mol. The molecule has 2 heterocycles. The fourth-order valence-corrected chi connectivity index (χ4v) is 4.34. The fraction of sp³-hybridized carbons (Fsp3) is 0.500. The van der Waals surface area contributed by atoms with Crippen molar-refractivity contribution in [2.75, 3.05) is 6.54 Å². The number of thiazole rings is 1. The molecule has 1 atom stereocenters. The maximum absolute atomic E-state index is 13.7. The van der Waals surface area contributed by atoms with Crippen LogP contribution in [-0.4, -0.2) is 22.5 Å². The third-order valence-electron chi connectivity index (χ3n) is 4.73. The molecular formula is C20H26FN3OS. The number of hydrogen-bond donors (Lipinski definition) is 1. The van der Waals surface area contributed by atoms with E-state index in [2.05, 4.69) is 17.2 Å². The Balaban J connectivity index is 1.67. The summed E-state index contributed by atoms with van der Waals surface area (Å²) in [7, 11) is 0. The highest BCUT2D eigenvalue weighted by Gasteiger charge is 2.27. The molecule has 1 fully saturated rings. The summed E-state index contributed by atoms with van der Waals surface area (Å²) in [6.07, 6.45) is 6.05. The SMILES string of the molecule is CCCc1nc(CNC(=O)N2CCCCCC2c2cccc(F)c2)cs1. The van der Waals surface area contributed by atoms with Crippen LogP contribution in [-0.2, 0) is 13.0 Å². The molecule has 2 aromatic rings. The van der Waals surface area contributed by atoms with Crippen LogP contribution in [0.5, 0.6) is 0 Å². The molecule has 140 valence electrons. The number of benzene rings is 1. The number of halogens is 1. The summed E-state index contributed by atoms with van der Waals surface area (Å²) < 4.78 is 13.7. The van der Waals surface area contributed by atoms with Gasteiger partial charge in [-0.3, -0.25) is 0 Å². The first-order valence-electron chi connectivity index (χ1n) is 9.40. The second-order valence-corrected chi connectivity index (χ2v) is 7.70. The van der Waals surface area contributed by atoms with E-state index in [9.17, 15) is 9.18 Å². The quantitative estimate of drug-likeness (QED) is 0.794. The number of aryl methyl sites for hydroxylation is 1. The van der Waals surface area contributed by atoms with Crippen LogP contribution in [0.25, 0.3) is 0 Å². The highest BCUT2D eigenvalue weighted by molar-refractivity contribution is 7.09. The maximum atomic E-state index is 13.7. The average Bonchev–Trinajstić information content (AvgIpc) is 2.93. The molecule has 3 rings (SSSR count). The van der Waals surface area contributed by atoms with Gasteiger partial charge in [-0.15, -0.1) is 11.3 Å². The van der Waals surface area contributed by atoms with Gasteiger partial charge in [-0.05, 0) is 43.4 Å². The number of carbonyl (C=O) groups is 1.